The third-order valence-electron chi connectivity index (χ3n) is 10.1. The van der Waals surface area contributed by atoms with Gasteiger partial charge in [0.15, 0.2) is 0 Å². The van der Waals surface area contributed by atoms with Gasteiger partial charge >= 0.3 is 0 Å². The van der Waals surface area contributed by atoms with E-state index in [1.165, 1.54) is 6.42 Å². The number of likely N-dealkylation sites (N-methyl/N-ethyl adjacent to an activating group) is 1. The van der Waals surface area contributed by atoms with E-state index in [0.717, 1.165) is 71.0 Å². The fraction of sp³-hybridized carbons (Fsp3) is 0.833. The zero-order valence-corrected chi connectivity index (χ0v) is 29.9. The zero-order valence-electron chi connectivity index (χ0n) is 29.9. The molecule has 3 rings (SSSR count). The Morgan fingerprint density at radius 2 is 1.38 bits per heavy atom. The molecule has 0 radical (unpaired) electrons. The summed E-state index contributed by atoms with van der Waals surface area (Å²) < 4.78 is 0. The van der Waals surface area contributed by atoms with Crippen LogP contribution in [0.3, 0.4) is 0 Å². The van der Waals surface area contributed by atoms with Crippen LogP contribution in [0.4, 0.5) is 0 Å². The first-order valence-electron chi connectivity index (χ1n) is 17.8. The second-order valence-corrected chi connectivity index (χ2v) is 15.4. The molecule has 4 atom stereocenters. The Bertz CT molecular complexity index is 1060. The van der Waals surface area contributed by atoms with E-state index in [-0.39, 0.29) is 47.7 Å². The highest BCUT2D eigenvalue weighted by molar-refractivity contribution is 5.97. The molecule has 256 valence electrons. The maximum Gasteiger partial charge on any atom is 0.249 e. The van der Waals surface area contributed by atoms with Gasteiger partial charge < -0.3 is 20.0 Å². The summed E-state index contributed by atoms with van der Waals surface area (Å²) in [5, 5.41) is 3.15. The van der Waals surface area contributed by atoms with E-state index in [0.29, 0.717) is 18.5 Å². The summed E-state index contributed by atoms with van der Waals surface area (Å²) in [6.45, 7) is 19.1. The number of amides is 4. The Balaban J connectivity index is 1.77. The van der Waals surface area contributed by atoms with Gasteiger partial charge in [-0.2, -0.15) is 0 Å². The topological polar surface area (TPSA) is 93.3 Å². The van der Waals surface area contributed by atoms with Gasteiger partial charge in [-0.15, -0.1) is 0 Å². The first-order chi connectivity index (χ1) is 21.1. The van der Waals surface area contributed by atoms with Crippen LogP contribution < -0.4 is 5.32 Å². The second-order valence-electron chi connectivity index (χ2n) is 15.4. The number of carbonyl (C=O) groups is 4. The first kappa shape index (κ1) is 37.0. The van der Waals surface area contributed by atoms with Gasteiger partial charge in [0.1, 0.15) is 12.1 Å². The van der Waals surface area contributed by atoms with E-state index in [4.69, 9.17) is 0 Å². The largest absolute Gasteiger partial charge is 0.342 e. The highest BCUT2D eigenvalue weighted by Gasteiger charge is 2.41. The lowest BCUT2D eigenvalue weighted by atomic mass is 9.84. The molecule has 3 unspecified atom stereocenters. The Morgan fingerprint density at radius 3 is 1.96 bits per heavy atom. The van der Waals surface area contributed by atoms with E-state index in [9.17, 15) is 19.2 Å². The van der Waals surface area contributed by atoms with Crippen molar-refractivity contribution in [3.8, 4) is 0 Å². The van der Waals surface area contributed by atoms with Crippen LogP contribution in [0.2, 0.25) is 0 Å². The lowest BCUT2D eigenvalue weighted by Gasteiger charge is -2.41. The number of carbonyl (C=O) groups excluding carboxylic acids is 4. The molecule has 0 aromatic rings. The summed E-state index contributed by atoms with van der Waals surface area (Å²) in [5.74, 6) is -0.260. The monoisotopic (exact) mass is 629 g/mol. The first-order valence-corrected chi connectivity index (χ1v) is 17.8. The average Bonchev–Trinajstić information content (AvgIpc) is 3.46. The van der Waals surface area contributed by atoms with Crippen LogP contribution in [-0.4, -0.2) is 107 Å². The molecule has 3 aliphatic heterocycles. The van der Waals surface area contributed by atoms with Crippen molar-refractivity contribution in [1.82, 2.24) is 24.9 Å². The molecule has 3 fully saturated rings. The molecule has 0 aliphatic carbocycles. The molecule has 9 nitrogen and oxygen atoms in total. The highest BCUT2D eigenvalue weighted by Crippen LogP contribution is 2.27. The molecule has 9 heteroatoms. The number of nitrogens with one attached hydrogen (secondary N) is 1. The van der Waals surface area contributed by atoms with Crippen LogP contribution in [-0.2, 0) is 19.2 Å². The third-order valence-corrected chi connectivity index (χ3v) is 10.1. The molecule has 0 aromatic carbocycles. The standard InChI is InChI=1S/C36H63N5O4/c1-25(2)30(24-27(5)33(43)41-23-17-19-29(41)34(44)39-20-14-11-10-12-15-21-39)38(9)35(45)31(36(6,7)8)37-32(42)28-18-13-16-22-40(28)26(3)4/h24-26,28-31H,10-23H2,1-9H3,(H,37,42)/b27-24+/t28?,29?,30?,31-/m1/s1. The summed E-state index contributed by atoms with van der Waals surface area (Å²) in [5.41, 5.74) is 0.0380. The quantitative estimate of drug-likeness (QED) is 0.363. The van der Waals surface area contributed by atoms with Gasteiger partial charge in [-0.25, -0.2) is 0 Å². The Kier molecular flexibility index (Phi) is 13.5. The number of likely N-dealkylation sites (tertiary alicyclic amines) is 3. The minimum Gasteiger partial charge on any atom is -0.342 e. The molecular weight excluding hydrogens is 566 g/mol. The number of hydrogen-bond donors (Lipinski definition) is 1. The predicted octanol–water partition coefficient (Wildman–Crippen LogP) is 4.99. The van der Waals surface area contributed by atoms with E-state index in [2.05, 4.69) is 24.1 Å². The number of rotatable bonds is 9. The van der Waals surface area contributed by atoms with Crippen molar-refractivity contribution in [3.63, 3.8) is 0 Å². The predicted molar refractivity (Wildman–Crippen MR) is 180 cm³/mol. The van der Waals surface area contributed by atoms with Crippen molar-refractivity contribution in [2.45, 2.75) is 150 Å². The minimum atomic E-state index is -0.713. The number of piperidine rings is 1. The molecule has 45 heavy (non-hydrogen) atoms. The summed E-state index contributed by atoms with van der Waals surface area (Å²) >= 11 is 0. The van der Waals surface area contributed by atoms with Gasteiger partial charge in [0.05, 0.1) is 12.1 Å². The van der Waals surface area contributed by atoms with Crippen molar-refractivity contribution in [3.05, 3.63) is 11.6 Å². The minimum absolute atomic E-state index is 0.0323. The van der Waals surface area contributed by atoms with E-state index in [1.54, 1.807) is 23.8 Å². The summed E-state index contributed by atoms with van der Waals surface area (Å²) in [6.07, 6.45) is 11.9. The van der Waals surface area contributed by atoms with E-state index in [1.807, 2.05) is 45.6 Å². The molecule has 0 saturated carbocycles. The maximum atomic E-state index is 14.2. The van der Waals surface area contributed by atoms with Gasteiger partial charge in [-0.05, 0) is 77.2 Å². The molecule has 0 spiro atoms. The Hall–Kier alpha value is -2.42. The second kappa shape index (κ2) is 16.4. The van der Waals surface area contributed by atoms with Crippen LogP contribution in [0.15, 0.2) is 11.6 Å². The van der Waals surface area contributed by atoms with Crippen molar-refractivity contribution in [2.75, 3.05) is 33.2 Å². The lowest BCUT2D eigenvalue weighted by molar-refractivity contribution is -0.142. The normalized spacial score (nSPS) is 23.8. The van der Waals surface area contributed by atoms with Gasteiger partial charge in [0.25, 0.3) is 0 Å². The molecule has 3 aliphatic rings. The molecule has 4 amide bonds. The van der Waals surface area contributed by atoms with Crippen LogP contribution >= 0.6 is 0 Å². The van der Waals surface area contributed by atoms with Gasteiger partial charge in [0.2, 0.25) is 23.6 Å². The summed E-state index contributed by atoms with van der Waals surface area (Å²) in [6, 6.07) is -1.46. The van der Waals surface area contributed by atoms with Crippen LogP contribution in [0, 0.1) is 11.3 Å². The van der Waals surface area contributed by atoms with E-state index < -0.39 is 17.5 Å². The molecule has 3 heterocycles. The molecular formula is C36H63N5O4. The molecule has 1 N–H and O–H groups in total. The smallest absolute Gasteiger partial charge is 0.249 e. The average molecular weight is 630 g/mol. The fourth-order valence-electron chi connectivity index (χ4n) is 7.34. The summed E-state index contributed by atoms with van der Waals surface area (Å²) in [7, 11) is 1.78. The molecule has 0 bridgehead atoms. The fourth-order valence-corrected chi connectivity index (χ4v) is 7.34. The van der Waals surface area contributed by atoms with Crippen molar-refractivity contribution < 1.29 is 19.2 Å². The lowest BCUT2D eigenvalue weighted by Crippen LogP contribution is -2.60. The van der Waals surface area contributed by atoms with Crippen molar-refractivity contribution in [1.29, 1.82) is 0 Å². The highest BCUT2D eigenvalue weighted by atomic mass is 16.2. The Labute approximate surface area is 273 Å². The number of hydrogen-bond acceptors (Lipinski definition) is 5. The van der Waals surface area contributed by atoms with Crippen LogP contribution in [0.25, 0.3) is 0 Å². The van der Waals surface area contributed by atoms with Crippen molar-refractivity contribution >= 4 is 23.6 Å². The van der Waals surface area contributed by atoms with Crippen LogP contribution in [0.1, 0.15) is 120 Å². The van der Waals surface area contributed by atoms with Gasteiger partial charge in [-0.3, -0.25) is 24.1 Å². The third kappa shape index (κ3) is 9.55. The maximum absolute atomic E-state index is 14.2. The molecule has 3 saturated heterocycles. The zero-order chi connectivity index (χ0) is 33.5. The van der Waals surface area contributed by atoms with Gasteiger partial charge in [0, 0.05) is 38.3 Å². The SMILES string of the molecule is C/C(=C\C(C(C)C)N(C)C(=O)[C@@H](NC(=O)C1CCCCN1C(C)C)C(C)(C)C)C(=O)N1CCCC1C(=O)N1CCCCCCC1. The van der Waals surface area contributed by atoms with Gasteiger partial charge in [-0.1, -0.05) is 66.4 Å². The Morgan fingerprint density at radius 1 is 0.800 bits per heavy atom. The molecule has 0 aromatic heterocycles. The number of nitrogens with zero attached hydrogens (tertiary/aromatic N) is 4. The summed E-state index contributed by atoms with van der Waals surface area (Å²) in [4.78, 5) is 62.9. The van der Waals surface area contributed by atoms with Crippen molar-refractivity contribution in [2.24, 2.45) is 11.3 Å². The van der Waals surface area contributed by atoms with E-state index >= 15 is 0 Å². The van der Waals surface area contributed by atoms with Crippen LogP contribution in [0.5, 0.6) is 0 Å².